The van der Waals surface area contributed by atoms with Crippen LogP contribution in [0.5, 0.6) is 0 Å². The van der Waals surface area contributed by atoms with Gasteiger partial charge in [0, 0.05) is 4.47 Å². The van der Waals surface area contributed by atoms with Crippen molar-refractivity contribution < 1.29 is 9.53 Å². The largest absolute Gasteiger partial charge is 0.356 e. The molecule has 3 nitrogen and oxygen atoms in total. The van der Waals surface area contributed by atoms with Gasteiger partial charge in [0.25, 0.3) is 5.91 Å². The van der Waals surface area contributed by atoms with Gasteiger partial charge in [0.1, 0.15) is 6.23 Å². The summed E-state index contributed by atoms with van der Waals surface area (Å²) in [5.74, 6) is 0.00692. The van der Waals surface area contributed by atoms with Gasteiger partial charge in [0.15, 0.2) is 0 Å². The fraction of sp³-hybridized carbons (Fsp3) is 0.462. The molecule has 0 aliphatic carbocycles. The van der Waals surface area contributed by atoms with Crippen molar-refractivity contribution in [3.8, 4) is 0 Å². The van der Waals surface area contributed by atoms with Crippen LogP contribution in [0.25, 0.3) is 0 Å². The van der Waals surface area contributed by atoms with E-state index < -0.39 is 0 Å². The highest BCUT2D eigenvalue weighted by molar-refractivity contribution is 9.10. The first-order valence-electron chi connectivity index (χ1n) is 5.63. The van der Waals surface area contributed by atoms with Gasteiger partial charge >= 0.3 is 0 Å². The van der Waals surface area contributed by atoms with Crippen molar-refractivity contribution >= 4 is 21.8 Å². The number of ether oxygens (including phenoxy) is 1. The Hall–Kier alpha value is -0.870. The van der Waals surface area contributed by atoms with E-state index >= 15 is 0 Å². The third kappa shape index (κ3) is 2.24. The molecular weight excluding hydrogens is 282 g/mol. The number of carbonyl (C=O) groups is 1. The fourth-order valence-corrected chi connectivity index (χ4v) is 2.62. The number of hydrogen-bond acceptors (Lipinski definition) is 2. The highest BCUT2D eigenvalue weighted by atomic mass is 79.9. The molecule has 0 saturated carbocycles. The van der Waals surface area contributed by atoms with Gasteiger partial charge in [-0.1, -0.05) is 12.1 Å². The molecule has 0 bridgehead atoms. The van der Waals surface area contributed by atoms with Crippen molar-refractivity contribution in [2.45, 2.75) is 32.5 Å². The van der Waals surface area contributed by atoms with Gasteiger partial charge in [-0.15, -0.1) is 0 Å². The third-order valence-corrected chi connectivity index (χ3v) is 3.71. The number of halogens is 1. The summed E-state index contributed by atoms with van der Waals surface area (Å²) in [7, 11) is 0. The Balaban J connectivity index is 2.35. The maximum absolute atomic E-state index is 12.5. The first-order valence-corrected chi connectivity index (χ1v) is 6.42. The van der Waals surface area contributed by atoms with E-state index in [9.17, 15) is 4.79 Å². The van der Waals surface area contributed by atoms with Gasteiger partial charge in [-0.3, -0.25) is 4.79 Å². The quantitative estimate of drug-likeness (QED) is 0.797. The van der Waals surface area contributed by atoms with Crippen molar-refractivity contribution in [2.24, 2.45) is 0 Å². The van der Waals surface area contributed by atoms with Crippen LogP contribution < -0.4 is 0 Å². The molecule has 0 spiro atoms. The van der Waals surface area contributed by atoms with Gasteiger partial charge in [0.2, 0.25) is 0 Å². The standard InChI is InChI=1S/C13H16BrNO2/c1-9-15(13(2,3)8-17-9)12(16)10-6-4-5-7-11(10)14/h4-7,9H,8H2,1-3H3. The van der Waals surface area contributed by atoms with Crippen molar-refractivity contribution in [1.29, 1.82) is 0 Å². The Bertz CT molecular complexity index is 445. The van der Waals surface area contributed by atoms with Gasteiger partial charge < -0.3 is 9.64 Å². The number of benzene rings is 1. The van der Waals surface area contributed by atoms with E-state index in [-0.39, 0.29) is 17.7 Å². The van der Waals surface area contributed by atoms with Crippen LogP contribution in [0.3, 0.4) is 0 Å². The van der Waals surface area contributed by atoms with E-state index in [0.717, 1.165) is 4.47 Å². The second-order valence-corrected chi connectivity index (χ2v) is 5.73. The molecule has 1 saturated heterocycles. The maximum Gasteiger partial charge on any atom is 0.257 e. The molecule has 1 atom stereocenters. The van der Waals surface area contributed by atoms with Crippen LogP contribution in [-0.2, 0) is 4.74 Å². The molecule has 1 amide bonds. The summed E-state index contributed by atoms with van der Waals surface area (Å²) in [6.07, 6.45) is -0.176. The fourth-order valence-electron chi connectivity index (χ4n) is 2.17. The molecular formula is C13H16BrNO2. The van der Waals surface area contributed by atoms with E-state index in [1.807, 2.05) is 45.0 Å². The number of amides is 1. The molecule has 1 aliphatic heterocycles. The second-order valence-electron chi connectivity index (χ2n) is 4.88. The normalized spacial score (nSPS) is 22.8. The van der Waals surface area contributed by atoms with Crippen molar-refractivity contribution in [1.82, 2.24) is 4.90 Å². The van der Waals surface area contributed by atoms with Crippen LogP contribution in [0.15, 0.2) is 28.7 Å². The highest BCUT2D eigenvalue weighted by Gasteiger charge is 2.42. The first-order chi connectivity index (χ1) is 7.93. The molecule has 0 radical (unpaired) electrons. The zero-order chi connectivity index (χ0) is 12.6. The number of hydrogen-bond donors (Lipinski definition) is 0. The lowest BCUT2D eigenvalue weighted by Crippen LogP contribution is -2.47. The van der Waals surface area contributed by atoms with Gasteiger partial charge in [0.05, 0.1) is 17.7 Å². The molecule has 0 aromatic heterocycles. The molecule has 1 heterocycles. The van der Waals surface area contributed by atoms with E-state index in [1.165, 1.54) is 0 Å². The Kier molecular flexibility index (Phi) is 3.27. The van der Waals surface area contributed by atoms with E-state index in [0.29, 0.717) is 12.2 Å². The Morgan fingerprint density at radius 3 is 2.65 bits per heavy atom. The van der Waals surface area contributed by atoms with E-state index in [2.05, 4.69) is 15.9 Å². The van der Waals surface area contributed by atoms with Gasteiger partial charge in [-0.25, -0.2) is 0 Å². The lowest BCUT2D eigenvalue weighted by Gasteiger charge is -2.32. The average Bonchev–Trinajstić information content (AvgIpc) is 2.53. The number of carbonyl (C=O) groups excluding carboxylic acids is 1. The van der Waals surface area contributed by atoms with E-state index in [4.69, 9.17) is 4.74 Å². The molecule has 1 aromatic rings. The number of nitrogens with zero attached hydrogens (tertiary/aromatic N) is 1. The van der Waals surface area contributed by atoms with Crippen molar-refractivity contribution in [3.05, 3.63) is 34.3 Å². The first kappa shape index (κ1) is 12.6. The molecule has 17 heavy (non-hydrogen) atoms. The third-order valence-electron chi connectivity index (χ3n) is 3.02. The molecule has 1 fully saturated rings. The van der Waals surface area contributed by atoms with Crippen molar-refractivity contribution in [2.75, 3.05) is 6.61 Å². The van der Waals surface area contributed by atoms with Crippen LogP contribution >= 0.6 is 15.9 Å². The molecule has 4 heteroatoms. The Labute approximate surface area is 110 Å². The van der Waals surface area contributed by atoms with Gasteiger partial charge in [-0.05, 0) is 48.8 Å². The highest BCUT2D eigenvalue weighted by Crippen LogP contribution is 2.30. The lowest BCUT2D eigenvalue weighted by atomic mass is 10.0. The predicted molar refractivity (Wildman–Crippen MR) is 69.8 cm³/mol. The van der Waals surface area contributed by atoms with E-state index in [1.54, 1.807) is 4.90 Å². The Morgan fingerprint density at radius 1 is 1.47 bits per heavy atom. The molecule has 2 rings (SSSR count). The van der Waals surface area contributed by atoms with Crippen LogP contribution in [0, 0.1) is 0 Å². The minimum Gasteiger partial charge on any atom is -0.356 e. The van der Waals surface area contributed by atoms with Crippen LogP contribution in [0.4, 0.5) is 0 Å². The topological polar surface area (TPSA) is 29.5 Å². The van der Waals surface area contributed by atoms with Crippen LogP contribution in [0.2, 0.25) is 0 Å². The number of rotatable bonds is 1. The summed E-state index contributed by atoms with van der Waals surface area (Å²) < 4.78 is 6.37. The monoisotopic (exact) mass is 297 g/mol. The smallest absolute Gasteiger partial charge is 0.257 e. The molecule has 92 valence electrons. The summed E-state index contributed by atoms with van der Waals surface area (Å²) in [5, 5.41) is 0. The lowest BCUT2D eigenvalue weighted by molar-refractivity contribution is 0.0306. The summed E-state index contributed by atoms with van der Waals surface area (Å²) in [4.78, 5) is 14.3. The average molecular weight is 298 g/mol. The van der Waals surface area contributed by atoms with Gasteiger partial charge in [-0.2, -0.15) is 0 Å². The molecule has 1 aromatic carbocycles. The molecule has 0 N–H and O–H groups in total. The summed E-state index contributed by atoms with van der Waals surface area (Å²) in [6, 6.07) is 7.47. The maximum atomic E-state index is 12.5. The van der Waals surface area contributed by atoms with Crippen LogP contribution in [-0.4, -0.2) is 29.2 Å². The predicted octanol–water partition coefficient (Wildman–Crippen LogP) is 3.05. The second kappa shape index (κ2) is 4.42. The summed E-state index contributed by atoms with van der Waals surface area (Å²) in [6.45, 7) is 6.52. The zero-order valence-electron chi connectivity index (χ0n) is 10.2. The SMILES string of the molecule is CC1OCC(C)(C)N1C(=O)c1ccccc1Br. The zero-order valence-corrected chi connectivity index (χ0v) is 11.8. The summed E-state index contributed by atoms with van der Waals surface area (Å²) in [5.41, 5.74) is 0.420. The summed E-state index contributed by atoms with van der Waals surface area (Å²) >= 11 is 3.41. The molecule has 1 aliphatic rings. The minimum atomic E-state index is -0.258. The van der Waals surface area contributed by atoms with Crippen molar-refractivity contribution in [3.63, 3.8) is 0 Å². The Morgan fingerprint density at radius 2 is 2.12 bits per heavy atom. The minimum absolute atomic E-state index is 0.00692. The van der Waals surface area contributed by atoms with Crippen LogP contribution in [0.1, 0.15) is 31.1 Å². The molecule has 1 unspecified atom stereocenters.